The lowest BCUT2D eigenvalue weighted by Gasteiger charge is -2.36. The van der Waals surface area contributed by atoms with E-state index in [1.54, 1.807) is 12.1 Å². The van der Waals surface area contributed by atoms with Crippen molar-refractivity contribution in [2.45, 2.75) is 17.0 Å². The zero-order chi connectivity index (χ0) is 31.2. The van der Waals surface area contributed by atoms with Crippen LogP contribution in [0.25, 0.3) is 10.8 Å². The monoisotopic (exact) mass is 631 g/mol. The Bertz CT molecular complexity index is 1750. The van der Waals surface area contributed by atoms with Gasteiger partial charge in [-0.1, -0.05) is 42.5 Å². The number of amides is 2. The number of carbonyl (C=O) groups is 1. The Morgan fingerprint density at radius 1 is 0.978 bits per heavy atom. The number of aliphatic hydroxyl groups is 1. The molecule has 10 nitrogen and oxygen atoms in total. The highest BCUT2D eigenvalue weighted by Gasteiger charge is 2.35. The lowest BCUT2D eigenvalue weighted by Crippen LogP contribution is -2.55. The van der Waals surface area contributed by atoms with E-state index in [2.05, 4.69) is 25.1 Å². The molecule has 6 rings (SSSR count). The fourth-order valence-corrected chi connectivity index (χ4v) is 5.93. The van der Waals surface area contributed by atoms with Crippen LogP contribution in [0.15, 0.2) is 102 Å². The van der Waals surface area contributed by atoms with E-state index in [1.807, 2.05) is 59.6 Å². The average molecular weight is 632 g/mol. The van der Waals surface area contributed by atoms with Crippen LogP contribution < -0.4 is 19.8 Å². The van der Waals surface area contributed by atoms with Gasteiger partial charge in [0.2, 0.25) is 0 Å². The molecule has 1 aliphatic heterocycles. The van der Waals surface area contributed by atoms with Crippen LogP contribution in [0.3, 0.4) is 0 Å². The van der Waals surface area contributed by atoms with E-state index < -0.39 is 17.2 Å². The number of nitrogens with one attached hydrogen (secondary N) is 2. The summed E-state index contributed by atoms with van der Waals surface area (Å²) in [6.45, 7) is 2.19. The number of aromatic nitrogens is 3. The number of ether oxygens (including phenoxy) is 1. The summed E-state index contributed by atoms with van der Waals surface area (Å²) in [5, 5.41) is 19.5. The van der Waals surface area contributed by atoms with Gasteiger partial charge in [0.25, 0.3) is 0 Å². The van der Waals surface area contributed by atoms with E-state index in [0.29, 0.717) is 31.9 Å². The molecule has 1 aromatic heterocycles. The third kappa shape index (κ3) is 7.33. The Hall–Kier alpha value is -4.72. The SMILES string of the molecule is O=C(NSc1cccc2ccccc12)NN1CCN(c2ccc(OCC(O)(Cn3cncn3)c3ccc(F)cc3F)cc2)CC1. The number of carbonyl (C=O) groups excluding carboxylic acids is 1. The minimum Gasteiger partial charge on any atom is -0.490 e. The predicted octanol–water partition coefficient (Wildman–Crippen LogP) is 4.72. The molecule has 0 aliphatic carbocycles. The van der Waals surface area contributed by atoms with Crippen molar-refractivity contribution >= 4 is 34.4 Å². The maximum atomic E-state index is 14.7. The molecular weight excluding hydrogens is 600 g/mol. The lowest BCUT2D eigenvalue weighted by molar-refractivity contribution is -0.0297. The van der Waals surface area contributed by atoms with Crippen LogP contribution in [0.5, 0.6) is 5.75 Å². The van der Waals surface area contributed by atoms with Crippen LogP contribution in [-0.4, -0.2) is 63.7 Å². The molecule has 45 heavy (non-hydrogen) atoms. The fraction of sp³-hybridized carbons (Fsp3) is 0.219. The summed E-state index contributed by atoms with van der Waals surface area (Å²) in [5.41, 5.74) is 1.94. The number of hydrazine groups is 1. The highest BCUT2D eigenvalue weighted by molar-refractivity contribution is 7.98. The first-order valence-corrected chi connectivity index (χ1v) is 15.1. The topological polar surface area (TPSA) is 108 Å². The lowest BCUT2D eigenvalue weighted by atomic mass is 9.94. The first-order chi connectivity index (χ1) is 21.9. The van der Waals surface area contributed by atoms with Gasteiger partial charge in [0.15, 0.2) is 0 Å². The van der Waals surface area contributed by atoms with E-state index in [9.17, 15) is 18.7 Å². The summed E-state index contributed by atoms with van der Waals surface area (Å²) in [7, 11) is 0. The number of anilines is 1. The largest absolute Gasteiger partial charge is 0.490 e. The van der Waals surface area contributed by atoms with Gasteiger partial charge in [0, 0.05) is 48.4 Å². The van der Waals surface area contributed by atoms with Crippen LogP contribution in [0.2, 0.25) is 0 Å². The van der Waals surface area contributed by atoms with Gasteiger partial charge in [-0.15, -0.1) is 0 Å². The molecule has 1 atom stereocenters. The van der Waals surface area contributed by atoms with Gasteiger partial charge in [0.05, 0.1) is 6.54 Å². The van der Waals surface area contributed by atoms with Crippen molar-refractivity contribution in [1.82, 2.24) is 29.9 Å². The van der Waals surface area contributed by atoms with E-state index >= 15 is 0 Å². The minimum atomic E-state index is -1.84. The molecule has 1 fully saturated rings. The number of hydrogen-bond donors (Lipinski definition) is 3. The standard InChI is InChI=1S/C32H31F2N7O3S/c33-24-8-13-28(29(34)18-24)32(43,19-41-22-35-21-36-41)20-44-26-11-9-25(10-12-26)39-14-16-40(17-15-39)37-31(42)38-45-30-7-3-5-23-4-1-2-6-27(23)30/h1-13,18,21-22,43H,14-17,19-20H2,(H2,37,38,42). The molecular formula is C32H31F2N7O3S. The number of urea groups is 1. The Balaban J connectivity index is 1.00. The van der Waals surface area contributed by atoms with Gasteiger partial charge in [-0.05, 0) is 59.1 Å². The third-order valence-electron chi connectivity index (χ3n) is 7.54. The summed E-state index contributed by atoms with van der Waals surface area (Å²) >= 11 is 1.28. The summed E-state index contributed by atoms with van der Waals surface area (Å²) < 4.78 is 38.4. The Morgan fingerprint density at radius 3 is 2.51 bits per heavy atom. The Kier molecular flexibility index (Phi) is 9.10. The van der Waals surface area contributed by atoms with Gasteiger partial charge in [-0.3, -0.25) is 10.1 Å². The van der Waals surface area contributed by atoms with Crippen LogP contribution in [0, 0.1) is 11.6 Å². The number of hydrogen-bond acceptors (Lipinski definition) is 8. The van der Waals surface area contributed by atoms with Gasteiger partial charge >= 0.3 is 6.03 Å². The van der Waals surface area contributed by atoms with Crippen molar-refractivity contribution in [3.63, 3.8) is 0 Å². The molecule has 1 saturated heterocycles. The molecule has 232 valence electrons. The van der Waals surface area contributed by atoms with Crippen molar-refractivity contribution in [2.24, 2.45) is 0 Å². The van der Waals surface area contributed by atoms with Crippen molar-refractivity contribution in [2.75, 3.05) is 37.7 Å². The van der Waals surface area contributed by atoms with Crippen molar-refractivity contribution in [3.8, 4) is 5.75 Å². The molecule has 3 N–H and O–H groups in total. The molecule has 0 saturated carbocycles. The van der Waals surface area contributed by atoms with E-state index in [0.717, 1.165) is 33.5 Å². The molecule has 13 heteroatoms. The summed E-state index contributed by atoms with van der Waals surface area (Å²) in [6.07, 6.45) is 2.70. The van der Waals surface area contributed by atoms with Crippen molar-refractivity contribution < 1.29 is 23.4 Å². The maximum absolute atomic E-state index is 14.7. The smallest absolute Gasteiger partial charge is 0.339 e. The van der Waals surface area contributed by atoms with Gasteiger partial charge in [-0.25, -0.2) is 28.3 Å². The first-order valence-electron chi connectivity index (χ1n) is 14.3. The molecule has 0 bridgehead atoms. The number of nitrogens with zero attached hydrogens (tertiary/aromatic N) is 5. The second-order valence-corrected chi connectivity index (χ2v) is 11.5. The highest BCUT2D eigenvalue weighted by atomic mass is 32.2. The maximum Gasteiger partial charge on any atom is 0.339 e. The molecule has 5 aromatic rings. The molecule has 2 amide bonds. The van der Waals surface area contributed by atoms with Gasteiger partial charge in [0.1, 0.15) is 42.2 Å². The van der Waals surface area contributed by atoms with Crippen LogP contribution in [-0.2, 0) is 12.1 Å². The molecule has 0 radical (unpaired) electrons. The fourth-order valence-electron chi connectivity index (χ4n) is 5.24. The number of halogens is 2. The molecule has 2 heterocycles. The zero-order valence-electron chi connectivity index (χ0n) is 24.1. The number of benzene rings is 4. The Morgan fingerprint density at radius 2 is 1.76 bits per heavy atom. The molecule has 4 aromatic carbocycles. The summed E-state index contributed by atoms with van der Waals surface area (Å²) in [4.78, 5) is 19.6. The average Bonchev–Trinajstić information content (AvgIpc) is 3.56. The van der Waals surface area contributed by atoms with E-state index in [-0.39, 0.29) is 24.7 Å². The quantitative estimate of drug-likeness (QED) is 0.190. The number of fused-ring (bicyclic) bond motifs is 1. The predicted molar refractivity (Wildman–Crippen MR) is 167 cm³/mol. The summed E-state index contributed by atoms with van der Waals surface area (Å²) in [5.74, 6) is -1.16. The minimum absolute atomic E-state index is 0.108. The second kappa shape index (κ2) is 13.5. The molecule has 1 aliphatic rings. The molecule has 1 unspecified atom stereocenters. The van der Waals surface area contributed by atoms with Crippen molar-refractivity contribution in [3.05, 3.63) is 115 Å². The van der Waals surface area contributed by atoms with Crippen LogP contribution >= 0.6 is 11.9 Å². The second-order valence-electron chi connectivity index (χ2n) is 10.6. The number of rotatable bonds is 10. The van der Waals surface area contributed by atoms with E-state index in [1.165, 1.54) is 35.4 Å². The van der Waals surface area contributed by atoms with Crippen LogP contribution in [0.4, 0.5) is 19.3 Å². The zero-order valence-corrected chi connectivity index (χ0v) is 25.0. The first kappa shape index (κ1) is 30.3. The van der Waals surface area contributed by atoms with Gasteiger partial charge < -0.3 is 14.7 Å². The van der Waals surface area contributed by atoms with Crippen molar-refractivity contribution in [1.29, 1.82) is 0 Å². The Labute approximate surface area is 262 Å². The van der Waals surface area contributed by atoms with E-state index in [4.69, 9.17) is 4.74 Å². The molecule has 0 spiro atoms. The summed E-state index contributed by atoms with van der Waals surface area (Å²) in [6, 6.07) is 24.1. The number of piperazine rings is 1. The highest BCUT2D eigenvalue weighted by Crippen LogP contribution is 2.29. The third-order valence-corrected chi connectivity index (χ3v) is 8.41. The normalized spacial score (nSPS) is 15.0. The van der Waals surface area contributed by atoms with Crippen LogP contribution in [0.1, 0.15) is 5.56 Å². The van der Waals surface area contributed by atoms with Gasteiger partial charge in [-0.2, -0.15) is 5.10 Å².